The van der Waals surface area contributed by atoms with Crippen LogP contribution in [0.5, 0.6) is 0 Å². The molecule has 0 bridgehead atoms. The Balaban J connectivity index is 1.61. The third kappa shape index (κ3) is 4.23. The second-order valence-corrected chi connectivity index (χ2v) is 4.86. The van der Waals surface area contributed by atoms with Crippen LogP contribution in [0.25, 0.3) is 0 Å². The van der Waals surface area contributed by atoms with Crippen molar-refractivity contribution >= 4 is 5.95 Å². The first-order valence-electron chi connectivity index (χ1n) is 6.65. The number of rotatable bonds is 5. The van der Waals surface area contributed by atoms with Gasteiger partial charge in [-0.1, -0.05) is 0 Å². The Morgan fingerprint density at radius 3 is 2.89 bits per heavy atom. The lowest BCUT2D eigenvalue weighted by Crippen LogP contribution is -2.31. The topological polar surface area (TPSA) is 73.1 Å². The van der Waals surface area contributed by atoms with E-state index < -0.39 is 0 Å². The number of hydrogen-bond donors (Lipinski definition) is 2. The van der Waals surface area contributed by atoms with Gasteiger partial charge in [-0.25, -0.2) is 9.97 Å². The Morgan fingerprint density at radius 1 is 1.39 bits per heavy atom. The monoisotopic (exact) mass is 250 g/mol. The molecule has 18 heavy (non-hydrogen) atoms. The van der Waals surface area contributed by atoms with Crippen molar-refractivity contribution in [2.24, 2.45) is 5.73 Å². The van der Waals surface area contributed by atoms with E-state index in [0.717, 1.165) is 37.9 Å². The summed E-state index contributed by atoms with van der Waals surface area (Å²) in [6, 6.07) is 2.26. The highest BCUT2D eigenvalue weighted by molar-refractivity contribution is 5.24. The molecule has 1 aromatic heterocycles. The van der Waals surface area contributed by atoms with Crippen LogP contribution >= 0.6 is 0 Å². The van der Waals surface area contributed by atoms with E-state index in [1.807, 2.05) is 13.0 Å². The van der Waals surface area contributed by atoms with Crippen LogP contribution in [-0.4, -0.2) is 35.3 Å². The summed E-state index contributed by atoms with van der Waals surface area (Å²) in [7, 11) is 0. The minimum Gasteiger partial charge on any atom is -0.376 e. The Morgan fingerprint density at radius 2 is 2.17 bits per heavy atom. The second-order valence-electron chi connectivity index (χ2n) is 4.86. The summed E-state index contributed by atoms with van der Waals surface area (Å²) in [6.45, 7) is 3.39. The maximum Gasteiger partial charge on any atom is 0.222 e. The van der Waals surface area contributed by atoms with Crippen molar-refractivity contribution in [3.63, 3.8) is 0 Å². The van der Waals surface area contributed by atoms with Gasteiger partial charge in [-0.05, 0) is 38.7 Å². The number of ether oxygens (including phenoxy) is 1. The fourth-order valence-corrected chi connectivity index (χ4v) is 2.18. The molecule has 1 heterocycles. The predicted molar refractivity (Wildman–Crippen MR) is 71.4 cm³/mol. The van der Waals surface area contributed by atoms with Gasteiger partial charge in [0.1, 0.15) is 0 Å². The maximum atomic E-state index is 5.86. The van der Waals surface area contributed by atoms with Crippen molar-refractivity contribution in [1.82, 2.24) is 9.97 Å². The van der Waals surface area contributed by atoms with Crippen LogP contribution in [0.2, 0.25) is 0 Å². The van der Waals surface area contributed by atoms with E-state index in [0.29, 0.717) is 24.7 Å². The molecule has 1 aromatic rings. The van der Waals surface area contributed by atoms with Gasteiger partial charge >= 0.3 is 0 Å². The van der Waals surface area contributed by atoms with Gasteiger partial charge in [-0.3, -0.25) is 0 Å². The zero-order chi connectivity index (χ0) is 12.8. The van der Waals surface area contributed by atoms with Gasteiger partial charge in [-0.2, -0.15) is 0 Å². The zero-order valence-corrected chi connectivity index (χ0v) is 10.9. The molecule has 1 saturated carbocycles. The molecule has 2 rings (SSSR count). The first-order valence-corrected chi connectivity index (χ1v) is 6.65. The van der Waals surface area contributed by atoms with Gasteiger partial charge in [0.25, 0.3) is 0 Å². The Labute approximate surface area is 108 Å². The summed E-state index contributed by atoms with van der Waals surface area (Å²) in [4.78, 5) is 8.41. The number of anilines is 1. The first-order chi connectivity index (χ1) is 8.74. The summed E-state index contributed by atoms with van der Waals surface area (Å²) in [5.74, 6) is 0.671. The van der Waals surface area contributed by atoms with Crippen molar-refractivity contribution in [1.29, 1.82) is 0 Å². The molecule has 0 aromatic carbocycles. The third-order valence-corrected chi connectivity index (χ3v) is 3.25. The molecule has 0 spiro atoms. The molecular weight excluding hydrogens is 228 g/mol. The van der Waals surface area contributed by atoms with Crippen LogP contribution in [0, 0.1) is 6.92 Å². The van der Waals surface area contributed by atoms with Crippen molar-refractivity contribution in [2.75, 3.05) is 18.5 Å². The molecule has 5 heteroatoms. The number of aromatic nitrogens is 2. The SMILES string of the molecule is Cc1ccnc(NCCOC2CCC(N)CC2)n1. The Kier molecular flexibility index (Phi) is 4.90. The van der Waals surface area contributed by atoms with Crippen molar-refractivity contribution < 1.29 is 4.74 Å². The number of hydrogen-bond acceptors (Lipinski definition) is 5. The van der Waals surface area contributed by atoms with Crippen molar-refractivity contribution in [3.8, 4) is 0 Å². The lowest BCUT2D eigenvalue weighted by Gasteiger charge is -2.26. The molecule has 100 valence electrons. The Bertz CT molecular complexity index is 364. The molecule has 0 saturated heterocycles. The largest absolute Gasteiger partial charge is 0.376 e. The molecule has 0 unspecified atom stereocenters. The van der Waals surface area contributed by atoms with Crippen molar-refractivity contribution in [2.45, 2.75) is 44.8 Å². The zero-order valence-electron chi connectivity index (χ0n) is 10.9. The predicted octanol–water partition coefficient (Wildman–Crippen LogP) is 1.48. The minimum absolute atomic E-state index is 0.378. The summed E-state index contributed by atoms with van der Waals surface area (Å²) in [6.07, 6.45) is 6.47. The minimum atomic E-state index is 0.378. The number of nitrogens with two attached hydrogens (primary N) is 1. The van der Waals surface area contributed by atoms with E-state index >= 15 is 0 Å². The highest BCUT2D eigenvalue weighted by Gasteiger charge is 2.18. The lowest BCUT2D eigenvalue weighted by molar-refractivity contribution is 0.0312. The van der Waals surface area contributed by atoms with Gasteiger partial charge in [-0.15, -0.1) is 0 Å². The van der Waals surface area contributed by atoms with E-state index in [1.165, 1.54) is 0 Å². The van der Waals surface area contributed by atoms with Gasteiger partial charge in [0.05, 0.1) is 12.7 Å². The number of aryl methyl sites for hydroxylation is 1. The van der Waals surface area contributed by atoms with Crippen molar-refractivity contribution in [3.05, 3.63) is 18.0 Å². The van der Waals surface area contributed by atoms with E-state index in [1.54, 1.807) is 6.20 Å². The summed E-state index contributed by atoms with van der Waals surface area (Å²) in [5.41, 5.74) is 6.82. The average Bonchev–Trinajstić information content (AvgIpc) is 2.37. The molecule has 0 aliphatic heterocycles. The highest BCUT2D eigenvalue weighted by atomic mass is 16.5. The molecule has 0 amide bonds. The lowest BCUT2D eigenvalue weighted by atomic mass is 9.94. The van der Waals surface area contributed by atoms with Crippen LogP contribution in [-0.2, 0) is 4.74 Å². The molecule has 0 radical (unpaired) electrons. The summed E-state index contributed by atoms with van der Waals surface area (Å²) < 4.78 is 5.81. The van der Waals surface area contributed by atoms with E-state index in [4.69, 9.17) is 10.5 Å². The smallest absolute Gasteiger partial charge is 0.222 e. The van der Waals surface area contributed by atoms with Crippen LogP contribution in [0.4, 0.5) is 5.95 Å². The maximum absolute atomic E-state index is 5.86. The molecular formula is C13H22N4O. The average molecular weight is 250 g/mol. The van der Waals surface area contributed by atoms with E-state index in [2.05, 4.69) is 15.3 Å². The van der Waals surface area contributed by atoms with E-state index in [9.17, 15) is 0 Å². The quantitative estimate of drug-likeness (QED) is 0.774. The molecule has 5 nitrogen and oxygen atoms in total. The normalized spacial score (nSPS) is 23.9. The molecule has 1 aliphatic rings. The van der Waals surface area contributed by atoms with Crippen LogP contribution in [0.1, 0.15) is 31.4 Å². The van der Waals surface area contributed by atoms with Gasteiger partial charge < -0.3 is 15.8 Å². The fraction of sp³-hybridized carbons (Fsp3) is 0.692. The number of nitrogens with one attached hydrogen (secondary N) is 1. The summed E-state index contributed by atoms with van der Waals surface area (Å²) in [5, 5.41) is 3.16. The Hall–Kier alpha value is -1.20. The molecule has 1 aliphatic carbocycles. The number of nitrogens with zero attached hydrogens (tertiary/aromatic N) is 2. The second kappa shape index (κ2) is 6.66. The van der Waals surface area contributed by atoms with Gasteiger partial charge in [0, 0.05) is 24.5 Å². The summed E-state index contributed by atoms with van der Waals surface area (Å²) >= 11 is 0. The van der Waals surface area contributed by atoms with Crippen LogP contribution in [0.3, 0.4) is 0 Å². The molecule has 1 fully saturated rings. The van der Waals surface area contributed by atoms with Crippen LogP contribution < -0.4 is 11.1 Å². The molecule has 3 N–H and O–H groups in total. The third-order valence-electron chi connectivity index (χ3n) is 3.25. The fourth-order valence-electron chi connectivity index (χ4n) is 2.18. The first kappa shape index (κ1) is 13.2. The molecule has 0 atom stereocenters. The standard InChI is InChI=1S/C13H22N4O/c1-10-6-7-15-13(17-10)16-8-9-18-12-4-2-11(14)3-5-12/h6-7,11-12H,2-5,8-9,14H2,1H3,(H,15,16,17). The van der Waals surface area contributed by atoms with E-state index in [-0.39, 0.29) is 0 Å². The van der Waals surface area contributed by atoms with Crippen LogP contribution in [0.15, 0.2) is 12.3 Å². The van der Waals surface area contributed by atoms with Gasteiger partial charge in [0.15, 0.2) is 0 Å². The van der Waals surface area contributed by atoms with Gasteiger partial charge in [0.2, 0.25) is 5.95 Å². The highest BCUT2D eigenvalue weighted by Crippen LogP contribution is 2.19.